The topological polar surface area (TPSA) is 152 Å². The fourth-order valence-electron chi connectivity index (χ4n) is 3.80. The van der Waals surface area contributed by atoms with Crippen LogP contribution in [0.3, 0.4) is 0 Å². The number of carbonyl (C=O) groups is 2. The summed E-state index contributed by atoms with van der Waals surface area (Å²) in [6.45, 7) is 3.04. The Morgan fingerprint density at radius 3 is 2.84 bits per heavy atom. The first-order valence-corrected chi connectivity index (χ1v) is 10.4. The first-order chi connectivity index (χ1) is 15.3. The zero-order chi connectivity index (χ0) is 23.3. The van der Waals surface area contributed by atoms with Crippen LogP contribution < -0.4 is 22.3 Å². The molecule has 0 saturated carbocycles. The van der Waals surface area contributed by atoms with Crippen LogP contribution in [0, 0.1) is 12.8 Å². The van der Waals surface area contributed by atoms with Crippen LogP contribution in [-0.4, -0.2) is 64.5 Å². The first kappa shape index (κ1) is 23.4. The summed E-state index contributed by atoms with van der Waals surface area (Å²) in [5, 5.41) is 2.82. The first-order valence-electron chi connectivity index (χ1n) is 10.4. The van der Waals surface area contributed by atoms with Crippen molar-refractivity contribution in [1.82, 2.24) is 19.4 Å². The van der Waals surface area contributed by atoms with Crippen molar-refractivity contribution in [1.29, 1.82) is 0 Å². The highest BCUT2D eigenvalue weighted by atomic mass is 16.5. The number of carbonyl (C=O) groups excluding carboxylic acids is 2. The molecule has 1 atom stereocenters. The minimum Gasteiger partial charge on any atom is -0.384 e. The van der Waals surface area contributed by atoms with E-state index in [0.29, 0.717) is 25.3 Å². The molecular formula is C21H28N6O5. The van der Waals surface area contributed by atoms with Crippen LogP contribution in [0.5, 0.6) is 0 Å². The van der Waals surface area contributed by atoms with Gasteiger partial charge in [0, 0.05) is 19.3 Å². The monoisotopic (exact) mass is 444 g/mol. The molecule has 32 heavy (non-hydrogen) atoms. The third-order valence-corrected chi connectivity index (χ3v) is 5.42. The lowest BCUT2D eigenvalue weighted by Gasteiger charge is -2.31. The molecule has 172 valence electrons. The van der Waals surface area contributed by atoms with Crippen molar-refractivity contribution in [3.63, 3.8) is 0 Å². The number of aryl methyl sites for hydroxylation is 1. The summed E-state index contributed by atoms with van der Waals surface area (Å²) >= 11 is 0. The van der Waals surface area contributed by atoms with Gasteiger partial charge in [0.1, 0.15) is 17.2 Å². The maximum atomic E-state index is 12.9. The van der Waals surface area contributed by atoms with E-state index in [2.05, 4.69) is 15.3 Å². The summed E-state index contributed by atoms with van der Waals surface area (Å²) in [7, 11) is 1.47. The van der Waals surface area contributed by atoms with Gasteiger partial charge in [0.15, 0.2) is 5.78 Å². The molecule has 1 aliphatic rings. The number of likely N-dealkylation sites (tertiary alicyclic amines) is 1. The molecule has 2 aromatic heterocycles. The molecule has 1 fully saturated rings. The van der Waals surface area contributed by atoms with E-state index in [1.165, 1.54) is 7.11 Å². The number of anilines is 2. The fraction of sp³-hybridized carbons (Fsp3) is 0.476. The summed E-state index contributed by atoms with van der Waals surface area (Å²) in [6.07, 6.45) is 1.42. The number of hydrogen-bond acceptors (Lipinski definition) is 8. The van der Waals surface area contributed by atoms with Gasteiger partial charge in [-0.2, -0.15) is 0 Å². The molecule has 0 radical (unpaired) electrons. The van der Waals surface area contributed by atoms with Crippen molar-refractivity contribution >= 4 is 23.3 Å². The van der Waals surface area contributed by atoms with E-state index < -0.39 is 17.0 Å². The smallest absolute Gasteiger partial charge is 0.330 e. The molecule has 3 heterocycles. The highest BCUT2D eigenvalue weighted by Gasteiger charge is 2.29. The molecule has 4 N–H and O–H groups in total. The molecule has 0 aliphatic carbocycles. The van der Waals surface area contributed by atoms with Crippen molar-refractivity contribution in [2.75, 3.05) is 44.4 Å². The second kappa shape index (κ2) is 10.3. The fourth-order valence-corrected chi connectivity index (χ4v) is 3.80. The van der Waals surface area contributed by atoms with Gasteiger partial charge in [0.25, 0.3) is 5.56 Å². The average Bonchev–Trinajstić information content (AvgIpc) is 2.73. The summed E-state index contributed by atoms with van der Waals surface area (Å²) in [5.74, 6) is -0.675. The Hall–Kier alpha value is -3.31. The number of nitrogens with zero attached hydrogens (tertiary/aromatic N) is 3. The van der Waals surface area contributed by atoms with E-state index in [-0.39, 0.29) is 42.9 Å². The molecule has 2 aromatic rings. The van der Waals surface area contributed by atoms with Gasteiger partial charge < -0.3 is 15.8 Å². The number of aromatic nitrogens is 3. The van der Waals surface area contributed by atoms with Gasteiger partial charge in [-0.15, -0.1) is 0 Å². The number of nitrogen functional groups attached to an aromatic ring is 1. The van der Waals surface area contributed by atoms with Gasteiger partial charge in [-0.1, -0.05) is 6.07 Å². The lowest BCUT2D eigenvalue weighted by atomic mass is 9.96. The van der Waals surface area contributed by atoms with Crippen LogP contribution in [0.4, 0.5) is 11.6 Å². The summed E-state index contributed by atoms with van der Waals surface area (Å²) in [5.41, 5.74) is 5.02. The molecule has 0 spiro atoms. The number of hydrogen-bond donors (Lipinski definition) is 3. The zero-order valence-electron chi connectivity index (χ0n) is 18.2. The third kappa shape index (κ3) is 5.48. The molecule has 1 aliphatic heterocycles. The minimum absolute atomic E-state index is 0.0811. The normalized spacial score (nSPS) is 16.6. The summed E-state index contributed by atoms with van der Waals surface area (Å²) in [4.78, 5) is 58.1. The van der Waals surface area contributed by atoms with E-state index in [1.54, 1.807) is 6.07 Å². The number of amides is 1. The number of H-pyrrole nitrogens is 1. The Balaban J connectivity index is 1.69. The second-order valence-electron chi connectivity index (χ2n) is 7.81. The molecule has 0 bridgehead atoms. The van der Waals surface area contributed by atoms with E-state index in [4.69, 9.17) is 10.5 Å². The molecule has 11 heteroatoms. The van der Waals surface area contributed by atoms with Crippen molar-refractivity contribution < 1.29 is 14.3 Å². The van der Waals surface area contributed by atoms with Crippen molar-refractivity contribution in [3.8, 4) is 0 Å². The Labute approximate surface area is 184 Å². The number of aromatic amines is 1. The standard InChI is InChI=1S/C21H28N6O5/c1-13-5-3-7-16(23-13)24-19(29)14-6-4-8-26(11-14)12-15(28)17-18(22)27(9-10-32-2)21(31)25-20(17)30/h3,5,7,14H,4,6,8-12,22H2,1-2H3,(H,23,24,29)(H,25,30,31). The lowest BCUT2D eigenvalue weighted by Crippen LogP contribution is -2.44. The van der Waals surface area contributed by atoms with Gasteiger partial charge in [0.2, 0.25) is 5.91 Å². The number of rotatable bonds is 8. The largest absolute Gasteiger partial charge is 0.384 e. The van der Waals surface area contributed by atoms with Gasteiger partial charge in [-0.25, -0.2) is 9.78 Å². The highest BCUT2D eigenvalue weighted by molar-refractivity contribution is 6.01. The Bertz CT molecular complexity index is 1110. The van der Waals surface area contributed by atoms with Gasteiger partial charge in [0.05, 0.1) is 25.6 Å². The van der Waals surface area contributed by atoms with Gasteiger partial charge in [-0.05, 0) is 38.4 Å². The van der Waals surface area contributed by atoms with Crippen molar-refractivity contribution in [3.05, 3.63) is 50.3 Å². The number of piperidine rings is 1. The van der Waals surface area contributed by atoms with Crippen molar-refractivity contribution in [2.45, 2.75) is 26.3 Å². The zero-order valence-corrected chi connectivity index (χ0v) is 18.2. The van der Waals surface area contributed by atoms with E-state index in [0.717, 1.165) is 16.7 Å². The predicted molar refractivity (Wildman–Crippen MR) is 119 cm³/mol. The van der Waals surface area contributed by atoms with Crippen LogP contribution in [0.15, 0.2) is 27.8 Å². The van der Waals surface area contributed by atoms with Gasteiger partial charge >= 0.3 is 5.69 Å². The molecule has 1 saturated heterocycles. The Morgan fingerprint density at radius 1 is 1.34 bits per heavy atom. The Morgan fingerprint density at radius 2 is 2.12 bits per heavy atom. The summed E-state index contributed by atoms with van der Waals surface area (Å²) in [6, 6.07) is 5.38. The molecular weight excluding hydrogens is 416 g/mol. The predicted octanol–water partition coefficient (Wildman–Crippen LogP) is 0.00202. The molecule has 3 rings (SSSR count). The lowest BCUT2D eigenvalue weighted by molar-refractivity contribution is -0.121. The Kier molecular flexibility index (Phi) is 7.54. The average molecular weight is 444 g/mol. The van der Waals surface area contributed by atoms with Crippen LogP contribution in [0.2, 0.25) is 0 Å². The van der Waals surface area contributed by atoms with Crippen LogP contribution >= 0.6 is 0 Å². The van der Waals surface area contributed by atoms with E-state index in [9.17, 15) is 19.2 Å². The number of Topliss-reactive ketones (excluding diaryl/α,β-unsaturated/α-hetero) is 1. The SMILES string of the molecule is COCCn1c(N)c(C(=O)CN2CCCC(C(=O)Nc3cccc(C)n3)C2)c(=O)[nH]c1=O. The number of nitrogens with two attached hydrogens (primary N) is 1. The molecule has 11 nitrogen and oxygen atoms in total. The quantitative estimate of drug-likeness (QED) is 0.481. The number of pyridine rings is 1. The van der Waals surface area contributed by atoms with Gasteiger partial charge in [-0.3, -0.25) is 28.8 Å². The van der Waals surface area contributed by atoms with E-state index >= 15 is 0 Å². The van der Waals surface area contributed by atoms with Crippen LogP contribution in [0.1, 0.15) is 28.9 Å². The summed E-state index contributed by atoms with van der Waals surface area (Å²) < 4.78 is 6.06. The third-order valence-electron chi connectivity index (χ3n) is 5.42. The number of methoxy groups -OCH3 is 1. The second-order valence-corrected chi connectivity index (χ2v) is 7.81. The minimum atomic E-state index is -0.817. The maximum Gasteiger partial charge on any atom is 0.330 e. The van der Waals surface area contributed by atoms with Crippen molar-refractivity contribution in [2.24, 2.45) is 5.92 Å². The molecule has 0 aromatic carbocycles. The van der Waals surface area contributed by atoms with Crippen LogP contribution in [0.25, 0.3) is 0 Å². The molecule has 1 unspecified atom stereocenters. The number of ketones is 1. The maximum absolute atomic E-state index is 12.9. The number of nitrogens with one attached hydrogen (secondary N) is 2. The van der Waals surface area contributed by atoms with Crippen LogP contribution in [-0.2, 0) is 16.1 Å². The molecule has 1 amide bonds. The highest BCUT2D eigenvalue weighted by Crippen LogP contribution is 2.19. The van der Waals surface area contributed by atoms with E-state index in [1.807, 2.05) is 24.0 Å². The number of ether oxygens (including phenoxy) is 1.